The van der Waals surface area contributed by atoms with Gasteiger partial charge in [0.25, 0.3) is 6.10 Å². The first-order valence-electron chi connectivity index (χ1n) is 9.46. The van der Waals surface area contributed by atoms with E-state index >= 15 is 0 Å². The lowest BCUT2D eigenvalue weighted by Gasteiger charge is -2.60. The summed E-state index contributed by atoms with van der Waals surface area (Å²) in [7, 11) is -2.41. The van der Waals surface area contributed by atoms with Crippen molar-refractivity contribution in [2.45, 2.75) is 95.1 Å². The van der Waals surface area contributed by atoms with Gasteiger partial charge in [-0.1, -0.05) is 33.6 Å². The van der Waals surface area contributed by atoms with Gasteiger partial charge in [-0.15, -0.1) is 0 Å². The number of carbonyl (C=O) groups is 1. The highest BCUT2D eigenvalue weighted by molar-refractivity contribution is 6.74. The van der Waals surface area contributed by atoms with E-state index in [0.717, 1.165) is 19.3 Å². The van der Waals surface area contributed by atoms with E-state index in [9.17, 15) is 31.1 Å². The fraction of sp³-hybridized carbons (Fsp3) is 0.944. The van der Waals surface area contributed by atoms with Crippen molar-refractivity contribution in [3.05, 3.63) is 0 Å². The van der Waals surface area contributed by atoms with Crippen molar-refractivity contribution in [1.29, 1.82) is 0 Å². The first kappa shape index (κ1) is 23.5. The molecule has 0 heterocycles. The van der Waals surface area contributed by atoms with Gasteiger partial charge in [0.2, 0.25) is 0 Å². The van der Waals surface area contributed by atoms with Crippen LogP contribution in [0.1, 0.15) is 52.9 Å². The molecular weight excluding hydrogens is 406 g/mol. The van der Waals surface area contributed by atoms with Gasteiger partial charge in [0.15, 0.2) is 8.32 Å². The van der Waals surface area contributed by atoms with Gasteiger partial charge in [0.05, 0.1) is 11.5 Å². The van der Waals surface area contributed by atoms with Gasteiger partial charge in [-0.2, -0.15) is 26.3 Å². The summed E-state index contributed by atoms with van der Waals surface area (Å²) in [5, 5.41) is -0.214. The minimum Gasteiger partial charge on any atom is -0.442 e. The molecule has 0 aromatic rings. The second-order valence-corrected chi connectivity index (χ2v) is 14.2. The molecule has 0 bridgehead atoms. The summed E-state index contributed by atoms with van der Waals surface area (Å²) in [4.78, 5) is 12.4. The Hall–Kier alpha value is -0.773. The van der Waals surface area contributed by atoms with Crippen LogP contribution in [0.2, 0.25) is 18.1 Å². The van der Waals surface area contributed by atoms with Crippen LogP contribution in [-0.4, -0.2) is 38.3 Å². The minimum atomic E-state index is -5.71. The van der Waals surface area contributed by atoms with Crippen LogP contribution in [0.25, 0.3) is 0 Å². The van der Waals surface area contributed by atoms with E-state index in [-0.39, 0.29) is 17.4 Å². The molecule has 0 amide bonds. The molecule has 2 aliphatic rings. The van der Waals surface area contributed by atoms with Crippen molar-refractivity contribution in [3.63, 3.8) is 0 Å². The van der Waals surface area contributed by atoms with Crippen molar-refractivity contribution in [2.24, 2.45) is 11.8 Å². The lowest BCUT2D eigenvalue weighted by molar-refractivity contribution is -0.317. The first-order chi connectivity index (χ1) is 12.4. The molecule has 2 aliphatic carbocycles. The number of esters is 1. The highest BCUT2D eigenvalue weighted by Gasteiger charge is 2.65. The maximum absolute atomic E-state index is 12.8. The second kappa shape index (κ2) is 7.18. The molecule has 28 heavy (non-hydrogen) atoms. The summed E-state index contributed by atoms with van der Waals surface area (Å²) in [6.07, 6.45) is -12.5. The van der Waals surface area contributed by atoms with Crippen LogP contribution in [0.3, 0.4) is 0 Å². The van der Waals surface area contributed by atoms with Crippen molar-refractivity contribution in [2.75, 3.05) is 0 Å². The molecule has 3 nitrogen and oxygen atoms in total. The second-order valence-electron chi connectivity index (χ2n) is 9.45. The first-order valence-corrected chi connectivity index (χ1v) is 12.4. The fourth-order valence-electron chi connectivity index (χ4n) is 3.99. The van der Waals surface area contributed by atoms with E-state index in [1.807, 2.05) is 33.9 Å². The van der Waals surface area contributed by atoms with Crippen molar-refractivity contribution < 1.29 is 40.3 Å². The van der Waals surface area contributed by atoms with Gasteiger partial charge < -0.3 is 9.16 Å². The number of fused-ring (bicyclic) bond motifs is 1. The Morgan fingerprint density at radius 1 is 1.04 bits per heavy atom. The van der Waals surface area contributed by atoms with Crippen molar-refractivity contribution >= 4 is 14.3 Å². The summed E-state index contributed by atoms with van der Waals surface area (Å²) in [6, 6.07) is 0. The topological polar surface area (TPSA) is 35.5 Å². The Morgan fingerprint density at radius 2 is 1.57 bits per heavy atom. The fourth-order valence-corrected chi connectivity index (χ4v) is 5.65. The van der Waals surface area contributed by atoms with Gasteiger partial charge in [-0.25, -0.2) is 0 Å². The number of ether oxygens (including phenoxy) is 1. The Morgan fingerprint density at radius 3 is 2.00 bits per heavy atom. The zero-order valence-corrected chi connectivity index (χ0v) is 17.8. The number of alkyl halides is 6. The smallest absolute Gasteiger partial charge is 0.434 e. The summed E-state index contributed by atoms with van der Waals surface area (Å²) in [6.45, 7) is 9.89. The van der Waals surface area contributed by atoms with E-state index in [4.69, 9.17) is 4.43 Å². The van der Waals surface area contributed by atoms with E-state index in [2.05, 4.69) is 4.74 Å². The quantitative estimate of drug-likeness (QED) is 0.310. The maximum Gasteiger partial charge on any atom is 0.434 e. The van der Waals surface area contributed by atoms with Crippen molar-refractivity contribution in [3.8, 4) is 0 Å². The van der Waals surface area contributed by atoms with E-state index in [1.54, 1.807) is 0 Å². The molecule has 2 rings (SSSR count). The Kier molecular flexibility index (Phi) is 6.02. The van der Waals surface area contributed by atoms with Crippen LogP contribution in [0, 0.1) is 11.8 Å². The van der Waals surface area contributed by atoms with Crippen LogP contribution in [-0.2, 0) is 14.0 Å². The molecule has 0 aromatic heterocycles. The molecule has 0 unspecified atom stereocenters. The Balaban J connectivity index is 2.28. The molecule has 0 aromatic carbocycles. The highest BCUT2D eigenvalue weighted by Crippen LogP contribution is 2.58. The lowest BCUT2D eigenvalue weighted by atomic mass is 9.55. The van der Waals surface area contributed by atoms with Crippen molar-refractivity contribution in [1.82, 2.24) is 0 Å². The molecule has 0 saturated heterocycles. The summed E-state index contributed by atoms with van der Waals surface area (Å²) >= 11 is 0. The zero-order valence-electron chi connectivity index (χ0n) is 16.8. The predicted octanol–water partition coefficient (Wildman–Crippen LogP) is 5.99. The van der Waals surface area contributed by atoms with Crippen LogP contribution < -0.4 is 0 Å². The SMILES string of the molecule is CC(C)(C)[Si](C)(C)O[C@]12CCCC[C@H]1C[C@H]2C(=O)OC(C(F)(F)F)C(F)(F)F. The average molecular weight is 434 g/mol. The van der Waals surface area contributed by atoms with E-state index in [1.165, 1.54) is 0 Å². The number of carbonyl (C=O) groups excluding carboxylic acids is 1. The summed E-state index contributed by atoms with van der Waals surface area (Å²) in [5.41, 5.74) is -1.01. The standard InChI is InChI=1S/C18H28F6O3Si/c1-15(2,3)28(4,5)27-16-9-7-6-8-11(16)10-12(16)13(25)26-14(17(19,20)21)18(22,23)24/h11-12,14H,6-10H2,1-5H3/t11-,12-,16+/m0/s1. The molecule has 164 valence electrons. The molecular formula is C18H28F6O3Si. The summed E-state index contributed by atoms with van der Waals surface area (Å²) in [5.74, 6) is -2.60. The maximum atomic E-state index is 12.8. The highest BCUT2D eigenvalue weighted by atomic mass is 28.4. The summed E-state index contributed by atoms with van der Waals surface area (Å²) < 4.78 is 87.3. The van der Waals surface area contributed by atoms with Gasteiger partial charge in [-0.3, -0.25) is 4.79 Å². The molecule has 3 atom stereocenters. The number of halogens is 6. The normalized spacial score (nSPS) is 29.3. The van der Waals surface area contributed by atoms with Gasteiger partial charge >= 0.3 is 18.3 Å². The third-order valence-electron chi connectivity index (χ3n) is 6.54. The van der Waals surface area contributed by atoms with Crippen LogP contribution in [0.5, 0.6) is 0 Å². The lowest BCUT2D eigenvalue weighted by Crippen LogP contribution is -2.67. The predicted molar refractivity (Wildman–Crippen MR) is 93.1 cm³/mol. The Labute approximate surface area is 162 Å². The third-order valence-corrected chi connectivity index (χ3v) is 11.0. The molecule has 0 aliphatic heterocycles. The molecule has 0 radical (unpaired) electrons. The van der Waals surface area contributed by atoms with Crippen LogP contribution in [0.4, 0.5) is 26.3 Å². The monoisotopic (exact) mass is 434 g/mol. The third kappa shape index (κ3) is 4.37. The molecule has 0 N–H and O–H groups in total. The number of hydrogen-bond acceptors (Lipinski definition) is 3. The number of hydrogen-bond donors (Lipinski definition) is 0. The average Bonchev–Trinajstić information content (AvgIpc) is 2.45. The van der Waals surface area contributed by atoms with Crippen LogP contribution in [0.15, 0.2) is 0 Å². The molecule has 10 heteroatoms. The minimum absolute atomic E-state index is 0.0388. The van der Waals surface area contributed by atoms with Gasteiger partial charge in [-0.05, 0) is 43.3 Å². The molecule has 2 fully saturated rings. The zero-order chi connectivity index (χ0) is 21.8. The van der Waals surface area contributed by atoms with Crippen LogP contribution >= 0.6 is 0 Å². The van der Waals surface area contributed by atoms with E-state index < -0.39 is 44.3 Å². The van der Waals surface area contributed by atoms with Gasteiger partial charge in [0.1, 0.15) is 0 Å². The molecule has 2 saturated carbocycles. The molecule has 0 spiro atoms. The largest absolute Gasteiger partial charge is 0.442 e. The Bertz CT molecular complexity index is 582. The van der Waals surface area contributed by atoms with Gasteiger partial charge in [0, 0.05) is 0 Å². The van der Waals surface area contributed by atoms with E-state index in [0.29, 0.717) is 6.42 Å². The number of rotatable bonds is 4.